The summed E-state index contributed by atoms with van der Waals surface area (Å²) in [6.07, 6.45) is 0. The quantitative estimate of drug-likeness (QED) is 0.909. The fraction of sp³-hybridized carbons (Fsp3) is 0.417. The first-order valence-corrected chi connectivity index (χ1v) is 5.88. The van der Waals surface area contributed by atoms with Crippen LogP contribution in [0.25, 0.3) is 0 Å². The van der Waals surface area contributed by atoms with Crippen molar-refractivity contribution in [3.05, 3.63) is 27.7 Å². The van der Waals surface area contributed by atoms with E-state index in [4.69, 9.17) is 14.6 Å². The summed E-state index contributed by atoms with van der Waals surface area (Å²) in [4.78, 5) is 11.1. The van der Waals surface area contributed by atoms with E-state index in [9.17, 15) is 4.79 Å². The van der Waals surface area contributed by atoms with Crippen LogP contribution in [-0.2, 0) is 16.1 Å². The van der Waals surface area contributed by atoms with Gasteiger partial charge in [0.1, 0.15) is 5.75 Å². The molecular formula is C12H15BrO4. The lowest BCUT2D eigenvalue weighted by Gasteiger charge is -2.17. The van der Waals surface area contributed by atoms with Crippen molar-refractivity contribution in [3.8, 4) is 5.75 Å². The molecule has 1 atom stereocenters. The molecule has 1 N–H and O–H groups in total. The second-order valence-corrected chi connectivity index (χ2v) is 4.59. The highest BCUT2D eigenvalue weighted by molar-refractivity contribution is 9.10. The zero-order chi connectivity index (χ0) is 13.0. The van der Waals surface area contributed by atoms with Crippen molar-refractivity contribution in [1.82, 2.24) is 0 Å². The normalized spacial score (nSPS) is 12.2. The van der Waals surface area contributed by atoms with Crippen LogP contribution >= 0.6 is 15.9 Å². The molecule has 0 saturated heterocycles. The molecule has 0 saturated carbocycles. The van der Waals surface area contributed by atoms with Gasteiger partial charge in [-0.1, -0.05) is 15.9 Å². The Morgan fingerprint density at radius 2 is 2.12 bits per heavy atom. The van der Waals surface area contributed by atoms with E-state index < -0.39 is 11.9 Å². The van der Waals surface area contributed by atoms with Gasteiger partial charge in [-0.15, -0.1) is 0 Å². The van der Waals surface area contributed by atoms with Crippen LogP contribution in [0, 0.1) is 0 Å². The predicted octanol–water partition coefficient (Wildman–Crippen LogP) is 2.79. The summed E-state index contributed by atoms with van der Waals surface area (Å²) in [5.74, 6) is -0.965. The lowest BCUT2D eigenvalue weighted by atomic mass is 9.95. The number of benzene rings is 1. The summed E-state index contributed by atoms with van der Waals surface area (Å²) in [5, 5.41) is 9.11. The van der Waals surface area contributed by atoms with Gasteiger partial charge < -0.3 is 14.6 Å². The van der Waals surface area contributed by atoms with Gasteiger partial charge in [-0.3, -0.25) is 4.79 Å². The molecule has 0 bridgehead atoms. The molecule has 0 heterocycles. The van der Waals surface area contributed by atoms with Crippen LogP contribution < -0.4 is 4.74 Å². The summed E-state index contributed by atoms with van der Waals surface area (Å²) >= 11 is 3.36. The summed E-state index contributed by atoms with van der Waals surface area (Å²) in [6, 6.07) is 3.61. The maximum absolute atomic E-state index is 11.1. The molecule has 5 heteroatoms. The number of rotatable bonds is 5. The summed E-state index contributed by atoms with van der Waals surface area (Å²) < 4.78 is 11.2. The van der Waals surface area contributed by atoms with Gasteiger partial charge in [-0.25, -0.2) is 0 Å². The average molecular weight is 303 g/mol. The van der Waals surface area contributed by atoms with Crippen LogP contribution in [-0.4, -0.2) is 25.3 Å². The van der Waals surface area contributed by atoms with E-state index in [1.807, 2.05) is 6.07 Å². The second kappa shape index (κ2) is 6.02. The molecule has 0 aliphatic heterocycles. The number of carboxylic acids is 1. The molecule has 1 rings (SSSR count). The Bertz CT molecular complexity index is 417. The lowest BCUT2D eigenvalue weighted by Crippen LogP contribution is -2.12. The van der Waals surface area contributed by atoms with E-state index in [1.165, 1.54) is 7.11 Å². The van der Waals surface area contributed by atoms with E-state index in [0.717, 1.165) is 10.0 Å². The zero-order valence-corrected chi connectivity index (χ0v) is 11.6. The minimum atomic E-state index is -0.886. The van der Waals surface area contributed by atoms with Crippen LogP contribution in [0.15, 0.2) is 16.6 Å². The number of halogens is 1. The maximum atomic E-state index is 11.1. The number of aliphatic carboxylic acids is 1. The minimum Gasteiger partial charge on any atom is -0.496 e. The monoisotopic (exact) mass is 302 g/mol. The summed E-state index contributed by atoms with van der Waals surface area (Å²) in [5.41, 5.74) is 1.47. The van der Waals surface area contributed by atoms with Crippen molar-refractivity contribution in [2.45, 2.75) is 19.4 Å². The van der Waals surface area contributed by atoms with Crippen molar-refractivity contribution in [1.29, 1.82) is 0 Å². The topological polar surface area (TPSA) is 55.8 Å². The summed E-state index contributed by atoms with van der Waals surface area (Å²) in [6.45, 7) is 1.98. The molecule has 0 radical (unpaired) electrons. The molecule has 1 aromatic carbocycles. The molecule has 0 spiro atoms. The second-order valence-electron chi connectivity index (χ2n) is 3.67. The van der Waals surface area contributed by atoms with E-state index in [1.54, 1.807) is 20.1 Å². The number of hydrogen-bond donors (Lipinski definition) is 1. The lowest BCUT2D eigenvalue weighted by molar-refractivity contribution is -0.138. The number of ether oxygens (including phenoxy) is 2. The molecule has 94 valence electrons. The van der Waals surface area contributed by atoms with Gasteiger partial charge in [0.05, 0.1) is 19.6 Å². The van der Waals surface area contributed by atoms with Crippen LogP contribution in [0.3, 0.4) is 0 Å². The molecule has 0 aliphatic carbocycles. The maximum Gasteiger partial charge on any atom is 0.310 e. The van der Waals surface area contributed by atoms with Gasteiger partial charge in [0, 0.05) is 17.1 Å². The highest BCUT2D eigenvalue weighted by Crippen LogP contribution is 2.34. The Labute approximate surface area is 109 Å². The van der Waals surface area contributed by atoms with Crippen molar-refractivity contribution in [3.63, 3.8) is 0 Å². The van der Waals surface area contributed by atoms with Crippen LogP contribution in [0.4, 0.5) is 0 Å². The van der Waals surface area contributed by atoms with Gasteiger partial charge in [0.25, 0.3) is 0 Å². The van der Waals surface area contributed by atoms with Crippen LogP contribution in [0.2, 0.25) is 0 Å². The van der Waals surface area contributed by atoms with Crippen molar-refractivity contribution in [2.24, 2.45) is 0 Å². The standard InChI is InChI=1S/C12H15BrO4/c1-7(12(14)15)11-8(6-16-2)4-9(13)5-10(11)17-3/h4-5,7H,6H2,1-3H3,(H,14,15). The first-order chi connectivity index (χ1) is 8.01. The first kappa shape index (κ1) is 14.0. The molecule has 0 fully saturated rings. The smallest absolute Gasteiger partial charge is 0.310 e. The van der Waals surface area contributed by atoms with Crippen LogP contribution in [0.5, 0.6) is 5.75 Å². The molecular weight excluding hydrogens is 288 g/mol. The molecule has 1 unspecified atom stereocenters. The molecule has 0 amide bonds. The predicted molar refractivity (Wildman–Crippen MR) is 67.5 cm³/mol. The fourth-order valence-electron chi connectivity index (χ4n) is 1.71. The van der Waals surface area contributed by atoms with Crippen molar-refractivity contribution < 1.29 is 19.4 Å². The van der Waals surface area contributed by atoms with E-state index in [0.29, 0.717) is 17.9 Å². The largest absolute Gasteiger partial charge is 0.496 e. The molecule has 17 heavy (non-hydrogen) atoms. The minimum absolute atomic E-state index is 0.350. The van der Waals surface area contributed by atoms with Gasteiger partial charge in [-0.2, -0.15) is 0 Å². The third-order valence-corrected chi connectivity index (χ3v) is 2.97. The van der Waals surface area contributed by atoms with Gasteiger partial charge >= 0.3 is 5.97 Å². The molecule has 0 aromatic heterocycles. The Balaban J connectivity index is 3.35. The van der Waals surface area contributed by atoms with Crippen molar-refractivity contribution in [2.75, 3.05) is 14.2 Å². The Hall–Kier alpha value is -1.07. The summed E-state index contributed by atoms with van der Waals surface area (Å²) in [7, 11) is 3.10. The SMILES string of the molecule is COCc1cc(Br)cc(OC)c1C(C)C(=O)O. The van der Waals surface area contributed by atoms with E-state index >= 15 is 0 Å². The van der Waals surface area contributed by atoms with E-state index in [-0.39, 0.29) is 0 Å². The van der Waals surface area contributed by atoms with Crippen molar-refractivity contribution >= 4 is 21.9 Å². The molecule has 4 nitrogen and oxygen atoms in total. The number of carboxylic acid groups (broad SMARTS) is 1. The Morgan fingerprint density at radius 1 is 1.47 bits per heavy atom. The van der Waals surface area contributed by atoms with Gasteiger partial charge in [0.15, 0.2) is 0 Å². The first-order valence-electron chi connectivity index (χ1n) is 5.09. The third kappa shape index (κ3) is 3.20. The highest BCUT2D eigenvalue weighted by Gasteiger charge is 2.22. The number of hydrogen-bond acceptors (Lipinski definition) is 3. The highest BCUT2D eigenvalue weighted by atomic mass is 79.9. The number of carbonyl (C=O) groups is 1. The van der Waals surface area contributed by atoms with Crippen LogP contribution in [0.1, 0.15) is 24.0 Å². The number of methoxy groups -OCH3 is 2. The zero-order valence-electron chi connectivity index (χ0n) is 9.99. The molecule has 0 aliphatic rings. The molecule has 1 aromatic rings. The fourth-order valence-corrected chi connectivity index (χ4v) is 2.19. The van der Waals surface area contributed by atoms with E-state index in [2.05, 4.69) is 15.9 Å². The Morgan fingerprint density at radius 3 is 2.59 bits per heavy atom. The average Bonchev–Trinajstić information content (AvgIpc) is 2.27. The Kier molecular flexibility index (Phi) is 4.96. The van der Waals surface area contributed by atoms with Gasteiger partial charge in [-0.05, 0) is 24.6 Å². The van der Waals surface area contributed by atoms with Gasteiger partial charge in [0.2, 0.25) is 0 Å². The third-order valence-electron chi connectivity index (χ3n) is 2.52.